The molecule has 0 aliphatic carbocycles. The molecule has 6 nitrogen and oxygen atoms in total. The molecule has 0 spiro atoms. The van der Waals surface area contributed by atoms with E-state index < -0.39 is 6.10 Å². The minimum Gasteiger partial charge on any atom is -0.462 e. The van der Waals surface area contributed by atoms with Crippen molar-refractivity contribution < 1.29 is 28.6 Å². The molecule has 69 heavy (non-hydrogen) atoms. The van der Waals surface area contributed by atoms with Crippen LogP contribution >= 0.6 is 0 Å². The number of unbranched alkanes of at least 4 members (excludes halogenated alkanes) is 42. The molecule has 0 aromatic rings. The monoisotopic (exact) mass is 971 g/mol. The summed E-state index contributed by atoms with van der Waals surface area (Å²) in [5.41, 5.74) is 0. The quantitative estimate of drug-likeness (QED) is 0.0261. The summed E-state index contributed by atoms with van der Waals surface area (Å²) in [6.45, 7) is 6.69. The van der Waals surface area contributed by atoms with Gasteiger partial charge in [0, 0.05) is 19.3 Å². The Bertz CT molecular complexity index is 1110. The minimum atomic E-state index is -0.771. The second-order valence-corrected chi connectivity index (χ2v) is 21.0. The maximum atomic E-state index is 12.9. The fraction of sp³-hybridized carbons (Fsp3) is 0.889. The van der Waals surface area contributed by atoms with Gasteiger partial charge in [-0.3, -0.25) is 14.4 Å². The largest absolute Gasteiger partial charge is 0.462 e. The van der Waals surface area contributed by atoms with Gasteiger partial charge in [0.25, 0.3) is 0 Å². The summed E-state index contributed by atoms with van der Waals surface area (Å²) in [5.74, 6) is -0.851. The van der Waals surface area contributed by atoms with Crippen molar-refractivity contribution >= 4 is 17.9 Å². The maximum Gasteiger partial charge on any atom is 0.306 e. The summed E-state index contributed by atoms with van der Waals surface area (Å²) in [5, 5.41) is 0. The number of hydrogen-bond donors (Lipinski definition) is 0. The first-order valence-corrected chi connectivity index (χ1v) is 30.8. The molecule has 0 aliphatic rings. The third kappa shape index (κ3) is 56.7. The van der Waals surface area contributed by atoms with Crippen LogP contribution in [0, 0.1) is 0 Å². The van der Waals surface area contributed by atoms with Gasteiger partial charge in [-0.05, 0) is 70.6 Å². The van der Waals surface area contributed by atoms with Gasteiger partial charge in [-0.25, -0.2) is 0 Å². The first-order valence-electron chi connectivity index (χ1n) is 30.8. The molecule has 0 aromatic carbocycles. The number of hydrogen-bond acceptors (Lipinski definition) is 6. The molecule has 0 bridgehead atoms. The fourth-order valence-corrected chi connectivity index (χ4v) is 9.26. The lowest BCUT2D eigenvalue weighted by Crippen LogP contribution is -2.30. The molecule has 0 radical (unpaired) electrons. The summed E-state index contributed by atoms with van der Waals surface area (Å²) in [6, 6.07) is 0. The molecule has 0 N–H and O–H groups in total. The van der Waals surface area contributed by atoms with Crippen LogP contribution in [-0.2, 0) is 28.6 Å². The van der Waals surface area contributed by atoms with E-state index in [1.54, 1.807) is 0 Å². The van der Waals surface area contributed by atoms with Gasteiger partial charge in [-0.15, -0.1) is 0 Å². The lowest BCUT2D eigenvalue weighted by Gasteiger charge is -2.18. The Balaban J connectivity index is 4.32. The standard InChI is InChI=1S/C63H118O6/c1-4-7-10-13-16-19-22-25-28-30-32-34-35-38-41-44-47-50-53-56-62(65)68-59-60(58-67-61(64)55-52-49-46-43-40-37-27-24-21-18-15-12-9-6-3)69-63(66)57-54-51-48-45-42-39-36-33-31-29-26-23-20-17-14-11-8-5-2/h25,28-29,31,60H,4-24,26-27,30,32-59H2,1-3H3/b28-25-,31-29-. The van der Waals surface area contributed by atoms with Crippen molar-refractivity contribution in [1.29, 1.82) is 0 Å². The summed E-state index contributed by atoms with van der Waals surface area (Å²) in [7, 11) is 0. The van der Waals surface area contributed by atoms with Crippen molar-refractivity contribution in [2.75, 3.05) is 13.2 Å². The summed E-state index contributed by atoms with van der Waals surface area (Å²) < 4.78 is 16.9. The zero-order valence-electron chi connectivity index (χ0n) is 46.6. The van der Waals surface area contributed by atoms with Gasteiger partial charge in [0.1, 0.15) is 13.2 Å². The highest BCUT2D eigenvalue weighted by Crippen LogP contribution is 2.17. The molecule has 0 rings (SSSR count). The van der Waals surface area contributed by atoms with E-state index in [1.165, 1.54) is 244 Å². The number of carbonyl (C=O) groups is 3. The fourth-order valence-electron chi connectivity index (χ4n) is 9.26. The first kappa shape index (κ1) is 66.9. The van der Waals surface area contributed by atoms with Crippen LogP contribution in [-0.4, -0.2) is 37.2 Å². The SMILES string of the molecule is CCCCCCCC/C=C\CCCCCCCCCCCC(=O)OCC(COC(=O)CCCCCCCCCCCCCCCC)OC(=O)CCCCCCCCC/C=C\CCCCCCCCC. The zero-order valence-corrected chi connectivity index (χ0v) is 46.6. The van der Waals surface area contributed by atoms with Gasteiger partial charge in [-0.2, -0.15) is 0 Å². The topological polar surface area (TPSA) is 78.9 Å². The molecule has 0 amide bonds. The number of ether oxygens (including phenoxy) is 3. The summed E-state index contributed by atoms with van der Waals surface area (Å²) in [6.07, 6.45) is 68.8. The Morgan fingerprint density at radius 2 is 0.478 bits per heavy atom. The van der Waals surface area contributed by atoms with E-state index in [4.69, 9.17) is 14.2 Å². The molecule has 6 heteroatoms. The van der Waals surface area contributed by atoms with Crippen LogP contribution in [0.5, 0.6) is 0 Å². The van der Waals surface area contributed by atoms with Crippen molar-refractivity contribution in [3.63, 3.8) is 0 Å². The highest BCUT2D eigenvalue weighted by molar-refractivity contribution is 5.71. The second kappa shape index (κ2) is 58.5. The molecule has 1 unspecified atom stereocenters. The lowest BCUT2D eigenvalue weighted by atomic mass is 10.0. The molecular formula is C63H118O6. The predicted octanol–water partition coefficient (Wildman–Crippen LogP) is 20.7. The number of esters is 3. The predicted molar refractivity (Wildman–Crippen MR) is 298 cm³/mol. The van der Waals surface area contributed by atoms with Gasteiger partial charge in [0.05, 0.1) is 0 Å². The van der Waals surface area contributed by atoms with Gasteiger partial charge in [0.2, 0.25) is 0 Å². The average molecular weight is 972 g/mol. The van der Waals surface area contributed by atoms with Crippen molar-refractivity contribution in [3.8, 4) is 0 Å². The Labute approximate surface area is 430 Å². The molecule has 406 valence electrons. The molecule has 1 atom stereocenters. The Hall–Kier alpha value is -2.11. The van der Waals surface area contributed by atoms with Gasteiger partial charge < -0.3 is 14.2 Å². The third-order valence-electron chi connectivity index (χ3n) is 13.9. The highest BCUT2D eigenvalue weighted by atomic mass is 16.6. The van der Waals surface area contributed by atoms with Crippen molar-refractivity contribution in [2.45, 2.75) is 348 Å². The highest BCUT2D eigenvalue weighted by Gasteiger charge is 2.19. The summed E-state index contributed by atoms with van der Waals surface area (Å²) >= 11 is 0. The minimum absolute atomic E-state index is 0.0687. The van der Waals surface area contributed by atoms with E-state index in [9.17, 15) is 14.4 Å². The molecular weight excluding hydrogens is 853 g/mol. The third-order valence-corrected chi connectivity index (χ3v) is 13.9. The molecule has 0 fully saturated rings. The van der Waals surface area contributed by atoms with Crippen molar-refractivity contribution in [3.05, 3.63) is 24.3 Å². The maximum absolute atomic E-state index is 12.9. The Morgan fingerprint density at radius 3 is 0.725 bits per heavy atom. The smallest absolute Gasteiger partial charge is 0.306 e. The average Bonchev–Trinajstić information content (AvgIpc) is 3.35. The van der Waals surface area contributed by atoms with Crippen LogP contribution in [0.3, 0.4) is 0 Å². The Kier molecular flexibility index (Phi) is 56.7. The second-order valence-electron chi connectivity index (χ2n) is 21.0. The van der Waals surface area contributed by atoms with E-state index in [0.717, 1.165) is 57.8 Å². The molecule has 0 saturated heterocycles. The normalized spacial score (nSPS) is 12.1. The number of allylic oxidation sites excluding steroid dienone is 4. The van der Waals surface area contributed by atoms with Crippen LogP contribution in [0.15, 0.2) is 24.3 Å². The Morgan fingerprint density at radius 1 is 0.275 bits per heavy atom. The van der Waals surface area contributed by atoms with Crippen molar-refractivity contribution in [1.82, 2.24) is 0 Å². The van der Waals surface area contributed by atoms with Crippen LogP contribution in [0.25, 0.3) is 0 Å². The van der Waals surface area contributed by atoms with E-state index in [2.05, 4.69) is 45.1 Å². The zero-order chi connectivity index (χ0) is 50.0. The van der Waals surface area contributed by atoms with E-state index >= 15 is 0 Å². The van der Waals surface area contributed by atoms with Gasteiger partial charge in [-0.1, -0.05) is 276 Å². The van der Waals surface area contributed by atoms with Gasteiger partial charge in [0.15, 0.2) is 6.10 Å². The molecule has 0 heterocycles. The van der Waals surface area contributed by atoms with Crippen LogP contribution in [0.4, 0.5) is 0 Å². The number of rotatable bonds is 57. The van der Waals surface area contributed by atoms with Crippen molar-refractivity contribution in [2.24, 2.45) is 0 Å². The van der Waals surface area contributed by atoms with Crippen LogP contribution < -0.4 is 0 Å². The van der Waals surface area contributed by atoms with E-state index in [-0.39, 0.29) is 31.1 Å². The van der Waals surface area contributed by atoms with Gasteiger partial charge >= 0.3 is 17.9 Å². The molecule has 0 aromatic heterocycles. The van der Waals surface area contributed by atoms with Crippen LogP contribution in [0.1, 0.15) is 342 Å². The molecule has 0 aliphatic heterocycles. The first-order chi connectivity index (χ1) is 34.0. The lowest BCUT2D eigenvalue weighted by molar-refractivity contribution is -0.167. The number of carbonyl (C=O) groups excluding carboxylic acids is 3. The van der Waals surface area contributed by atoms with E-state index in [1.807, 2.05) is 0 Å². The molecule has 0 saturated carbocycles. The van der Waals surface area contributed by atoms with Crippen LogP contribution in [0.2, 0.25) is 0 Å². The van der Waals surface area contributed by atoms with E-state index in [0.29, 0.717) is 19.3 Å². The summed E-state index contributed by atoms with van der Waals surface area (Å²) in [4.78, 5) is 38.2.